The Kier molecular flexibility index (Phi) is 7.15. The minimum absolute atomic E-state index is 0.239. The second-order valence-electron chi connectivity index (χ2n) is 6.60. The van der Waals surface area contributed by atoms with Gasteiger partial charge in [0.15, 0.2) is 11.1 Å². The van der Waals surface area contributed by atoms with E-state index in [1.54, 1.807) is 16.9 Å². The van der Waals surface area contributed by atoms with Crippen LogP contribution in [0.15, 0.2) is 67.0 Å². The lowest BCUT2D eigenvalue weighted by atomic mass is 10.0. The summed E-state index contributed by atoms with van der Waals surface area (Å²) in [6.07, 6.45) is 4.00. The van der Waals surface area contributed by atoms with Gasteiger partial charge in [0.2, 0.25) is 5.91 Å². The van der Waals surface area contributed by atoms with Crippen LogP contribution in [0.4, 0.5) is 0 Å². The van der Waals surface area contributed by atoms with Crippen molar-refractivity contribution < 1.29 is 18.3 Å². The van der Waals surface area contributed by atoms with E-state index in [2.05, 4.69) is 5.10 Å². The number of rotatable bonds is 10. The van der Waals surface area contributed by atoms with Crippen LogP contribution in [0.1, 0.15) is 28.4 Å². The molecule has 2 atom stereocenters. The normalized spacial score (nSPS) is 13.0. The molecule has 0 aliphatic carbocycles. The zero-order valence-electron chi connectivity index (χ0n) is 15.8. The molecule has 152 valence electrons. The van der Waals surface area contributed by atoms with Gasteiger partial charge in [-0.3, -0.25) is 9.48 Å². The topological polar surface area (TPSA) is 107 Å². The van der Waals surface area contributed by atoms with Gasteiger partial charge in [0.1, 0.15) is 5.75 Å². The largest absolute Gasteiger partial charge is 0.493 e. The van der Waals surface area contributed by atoms with Crippen molar-refractivity contribution in [2.75, 3.05) is 6.61 Å². The van der Waals surface area contributed by atoms with Crippen molar-refractivity contribution in [2.45, 2.75) is 24.6 Å². The van der Waals surface area contributed by atoms with E-state index in [0.29, 0.717) is 30.9 Å². The summed E-state index contributed by atoms with van der Waals surface area (Å²) in [5.41, 5.74) is 7.82. The zero-order chi connectivity index (χ0) is 20.6. The molecule has 0 saturated heterocycles. The van der Waals surface area contributed by atoms with E-state index in [0.717, 1.165) is 11.1 Å². The molecule has 0 spiro atoms. The first kappa shape index (κ1) is 20.8. The third-order valence-corrected chi connectivity index (χ3v) is 5.36. The lowest BCUT2D eigenvalue weighted by Crippen LogP contribution is -2.19. The van der Waals surface area contributed by atoms with Gasteiger partial charge < -0.3 is 15.0 Å². The van der Waals surface area contributed by atoms with Crippen LogP contribution >= 0.6 is 0 Å². The van der Waals surface area contributed by atoms with Gasteiger partial charge in [-0.05, 0) is 23.3 Å². The number of hydrogen-bond donors (Lipinski definition) is 2. The van der Waals surface area contributed by atoms with Crippen LogP contribution in [0.25, 0.3) is 0 Å². The van der Waals surface area contributed by atoms with Crippen molar-refractivity contribution >= 4 is 17.0 Å². The minimum Gasteiger partial charge on any atom is -0.493 e. The Labute approximate surface area is 171 Å². The second-order valence-corrected chi connectivity index (χ2v) is 7.72. The van der Waals surface area contributed by atoms with Gasteiger partial charge in [-0.15, -0.1) is 0 Å². The standard InChI is InChI=1S/C21H23N3O4S/c22-21(25)14-20(29(26)27)18-8-7-17(15-24-11-4-10-23-24)13-19(18)28-12-9-16-5-2-1-3-6-16/h1-8,10-11,13,20H,9,12,14-15H2,(H2,22,25)(H,26,27). The zero-order valence-corrected chi connectivity index (χ0v) is 16.6. The highest BCUT2D eigenvalue weighted by Gasteiger charge is 2.24. The molecular formula is C21H23N3O4S. The van der Waals surface area contributed by atoms with Crippen molar-refractivity contribution in [1.82, 2.24) is 9.78 Å². The Morgan fingerprint density at radius 1 is 1.17 bits per heavy atom. The molecule has 3 rings (SSSR count). The number of aromatic nitrogens is 2. The van der Waals surface area contributed by atoms with Crippen LogP contribution in [-0.2, 0) is 28.8 Å². The predicted molar refractivity (Wildman–Crippen MR) is 111 cm³/mol. The van der Waals surface area contributed by atoms with E-state index in [-0.39, 0.29) is 6.42 Å². The highest BCUT2D eigenvalue weighted by molar-refractivity contribution is 7.79. The van der Waals surface area contributed by atoms with E-state index in [1.807, 2.05) is 54.7 Å². The van der Waals surface area contributed by atoms with Crippen molar-refractivity contribution in [2.24, 2.45) is 5.73 Å². The molecular weight excluding hydrogens is 390 g/mol. The van der Waals surface area contributed by atoms with Crippen LogP contribution in [0.5, 0.6) is 5.75 Å². The smallest absolute Gasteiger partial charge is 0.219 e. The predicted octanol–water partition coefficient (Wildman–Crippen LogP) is 2.69. The Hall–Kier alpha value is -2.97. The van der Waals surface area contributed by atoms with Crippen molar-refractivity contribution in [3.05, 3.63) is 83.7 Å². The molecule has 2 unspecified atom stereocenters. The quantitative estimate of drug-likeness (QED) is 0.497. The maximum Gasteiger partial charge on any atom is 0.219 e. The number of benzene rings is 2. The number of carbonyl (C=O) groups excluding carboxylic acids is 1. The lowest BCUT2D eigenvalue weighted by molar-refractivity contribution is -0.118. The fraction of sp³-hybridized carbons (Fsp3) is 0.238. The average Bonchev–Trinajstić information content (AvgIpc) is 3.20. The van der Waals surface area contributed by atoms with Crippen molar-refractivity contribution in [3.8, 4) is 5.75 Å². The van der Waals surface area contributed by atoms with E-state index in [1.165, 1.54) is 0 Å². The lowest BCUT2D eigenvalue weighted by Gasteiger charge is -2.18. The number of primary amides is 1. The molecule has 3 N–H and O–H groups in total. The van der Waals surface area contributed by atoms with Crippen LogP contribution in [0, 0.1) is 0 Å². The van der Waals surface area contributed by atoms with Crippen LogP contribution < -0.4 is 10.5 Å². The third-order valence-electron chi connectivity index (χ3n) is 4.45. The van der Waals surface area contributed by atoms with Crippen LogP contribution in [0.3, 0.4) is 0 Å². The fourth-order valence-electron chi connectivity index (χ4n) is 3.05. The Morgan fingerprint density at radius 2 is 1.97 bits per heavy atom. The van der Waals surface area contributed by atoms with Gasteiger partial charge in [0.25, 0.3) is 0 Å². The van der Waals surface area contributed by atoms with E-state index in [4.69, 9.17) is 10.5 Å². The van der Waals surface area contributed by atoms with Crippen LogP contribution in [0.2, 0.25) is 0 Å². The molecule has 1 aromatic heterocycles. The molecule has 3 aromatic rings. The highest BCUT2D eigenvalue weighted by atomic mass is 32.2. The number of amides is 1. The SMILES string of the molecule is NC(=O)CC(c1ccc(Cn2cccn2)cc1OCCc1ccccc1)S(=O)O. The van der Waals surface area contributed by atoms with E-state index >= 15 is 0 Å². The Balaban J connectivity index is 1.84. The molecule has 1 heterocycles. The molecule has 8 heteroatoms. The van der Waals surface area contributed by atoms with E-state index < -0.39 is 22.2 Å². The van der Waals surface area contributed by atoms with Crippen molar-refractivity contribution in [1.29, 1.82) is 0 Å². The van der Waals surface area contributed by atoms with Crippen molar-refractivity contribution in [3.63, 3.8) is 0 Å². The molecule has 7 nitrogen and oxygen atoms in total. The fourth-order valence-corrected chi connectivity index (χ4v) is 3.76. The second kappa shape index (κ2) is 9.99. The molecule has 0 fully saturated rings. The van der Waals surface area contributed by atoms with E-state index in [9.17, 15) is 13.6 Å². The minimum atomic E-state index is -2.26. The first-order chi connectivity index (χ1) is 14.0. The van der Waals surface area contributed by atoms with Gasteiger partial charge in [-0.25, -0.2) is 4.21 Å². The van der Waals surface area contributed by atoms with Crippen LogP contribution in [-0.4, -0.2) is 31.1 Å². The van der Waals surface area contributed by atoms with Gasteiger partial charge in [-0.2, -0.15) is 5.10 Å². The molecule has 0 aliphatic rings. The molecule has 0 bridgehead atoms. The summed E-state index contributed by atoms with van der Waals surface area (Å²) >= 11 is -2.26. The van der Waals surface area contributed by atoms with Gasteiger partial charge in [0, 0.05) is 30.8 Å². The summed E-state index contributed by atoms with van der Waals surface area (Å²) in [6, 6.07) is 17.1. The molecule has 0 saturated carbocycles. The first-order valence-electron chi connectivity index (χ1n) is 9.18. The summed E-state index contributed by atoms with van der Waals surface area (Å²) in [6.45, 7) is 0.925. The summed E-state index contributed by atoms with van der Waals surface area (Å²) in [4.78, 5) is 11.4. The molecule has 1 amide bonds. The van der Waals surface area contributed by atoms with Gasteiger partial charge in [0.05, 0.1) is 18.4 Å². The summed E-state index contributed by atoms with van der Waals surface area (Å²) < 4.78 is 29.3. The third kappa shape index (κ3) is 6.00. The number of hydrogen-bond acceptors (Lipinski definition) is 4. The number of carbonyl (C=O) groups is 1. The summed E-state index contributed by atoms with van der Waals surface area (Å²) in [7, 11) is 0. The highest BCUT2D eigenvalue weighted by Crippen LogP contribution is 2.32. The summed E-state index contributed by atoms with van der Waals surface area (Å²) in [5.74, 6) is -0.174. The van der Waals surface area contributed by atoms with Gasteiger partial charge >= 0.3 is 0 Å². The molecule has 0 radical (unpaired) electrons. The number of nitrogens with zero attached hydrogens (tertiary/aromatic N) is 2. The average molecular weight is 413 g/mol. The van der Waals surface area contributed by atoms with Gasteiger partial charge in [-0.1, -0.05) is 42.5 Å². The summed E-state index contributed by atoms with van der Waals surface area (Å²) in [5, 5.41) is 3.25. The number of nitrogens with two attached hydrogens (primary N) is 1. The molecule has 0 aliphatic heterocycles. The maximum absolute atomic E-state index is 11.9. The Bertz CT molecular complexity index is 961. The maximum atomic E-state index is 11.9. The monoisotopic (exact) mass is 413 g/mol. The molecule has 2 aromatic carbocycles. The molecule has 29 heavy (non-hydrogen) atoms. The number of ether oxygens (including phenoxy) is 1. The first-order valence-corrected chi connectivity index (χ1v) is 10.3. The Morgan fingerprint density at radius 3 is 2.62 bits per heavy atom.